The molecule has 0 aliphatic carbocycles. The average molecular weight is 773 g/mol. The van der Waals surface area contributed by atoms with Crippen LogP contribution in [0.4, 0.5) is 0 Å². The van der Waals surface area contributed by atoms with Crippen LogP contribution in [0.25, 0.3) is 0 Å². The van der Waals surface area contributed by atoms with Crippen LogP contribution >= 0.6 is 10.0 Å². The van der Waals surface area contributed by atoms with Crippen molar-refractivity contribution in [2.24, 2.45) is 0 Å². The topological polar surface area (TPSA) is 137 Å². The Morgan fingerprint density at radius 2 is 0.526 bits per heavy atom. The second-order valence-electron chi connectivity index (χ2n) is 13.3. The Bertz CT molecular complexity index is 2470. The molecule has 0 amide bonds. The van der Waals surface area contributed by atoms with Crippen molar-refractivity contribution in [3.05, 3.63) is 201 Å². The van der Waals surface area contributed by atoms with Crippen LogP contribution in [0, 0.1) is 0 Å². The summed E-state index contributed by atoms with van der Waals surface area (Å²) in [7, 11) is -3.70. The van der Waals surface area contributed by atoms with Crippen molar-refractivity contribution in [1.29, 1.82) is 0 Å². The second-order valence-corrected chi connectivity index (χ2v) is 16.2. The van der Waals surface area contributed by atoms with Crippen LogP contribution in [-0.2, 0) is 0 Å². The van der Waals surface area contributed by atoms with Gasteiger partial charge in [0.05, 0.1) is 0 Å². The summed E-state index contributed by atoms with van der Waals surface area (Å²) in [6.45, 7) is 5.36. The highest BCUT2D eigenvalue weighted by Gasteiger charge is 2.46. The van der Waals surface area contributed by atoms with Crippen molar-refractivity contribution in [2.45, 2.75) is 37.5 Å². The van der Waals surface area contributed by atoms with E-state index in [4.69, 9.17) is 0 Å². The van der Waals surface area contributed by atoms with Crippen LogP contribution in [0.1, 0.15) is 122 Å². The zero-order valence-electron chi connectivity index (χ0n) is 31.5. The number of benzene rings is 6. The van der Waals surface area contributed by atoms with Gasteiger partial charge in [-0.3, -0.25) is 38.4 Å². The van der Waals surface area contributed by atoms with Crippen LogP contribution in [-0.4, -0.2) is 44.9 Å². The predicted molar refractivity (Wildman–Crippen MR) is 218 cm³/mol. The largest absolute Gasteiger partial charge is 0.294 e. The van der Waals surface area contributed by atoms with Gasteiger partial charge in [0, 0.05) is 65.4 Å². The normalized spacial score (nSPS) is 11.3. The highest BCUT2D eigenvalue weighted by molar-refractivity contribution is 8.56. The lowest BCUT2D eigenvalue weighted by molar-refractivity contribution is 0.0989. The number of carbonyl (C=O) groups is 8. The summed E-state index contributed by atoms with van der Waals surface area (Å²) in [5.41, 5.74) is 1.29. The summed E-state index contributed by atoms with van der Waals surface area (Å²) >= 11 is 0. The highest BCUT2D eigenvalue weighted by Crippen LogP contribution is 2.66. The fraction of sp³-hybridized carbons (Fsp3) is 0.0833. The van der Waals surface area contributed by atoms with Gasteiger partial charge >= 0.3 is 0 Å². The maximum Gasteiger partial charge on any atom is 0.218 e. The Balaban J connectivity index is 1.64. The molecule has 8 nitrogen and oxygen atoms in total. The van der Waals surface area contributed by atoms with E-state index in [2.05, 4.69) is 0 Å². The van der Waals surface area contributed by atoms with E-state index in [-0.39, 0.29) is 77.0 Å². The molecule has 0 aliphatic heterocycles. The molecule has 0 heterocycles. The Hall–Kier alpha value is -6.97. The molecule has 6 rings (SSSR count). The molecule has 6 aromatic rings. The molecule has 9 heteroatoms. The molecule has 0 bridgehead atoms. The molecule has 0 N–H and O–H groups in total. The maximum absolute atomic E-state index is 15.6. The molecule has 0 saturated heterocycles. The number of Topliss-reactive ketones (excluding diaryl/α,β-unsaturated/α-hetero) is 4. The molecule has 0 unspecified atom stereocenters. The SMILES string of the molecule is CC(=O)c1ccccc1C(=O)c1ccc(S(C(=O)c2ccccc2C(C)=O)(C(=O)c2ccccc2C(C)=O)c2ccc(C(=O)c3ccccc3C(C)=O)cc2)cc1. The first-order valence-corrected chi connectivity index (χ1v) is 19.5. The summed E-state index contributed by atoms with van der Waals surface area (Å²) in [6, 6.07) is 37.0. The van der Waals surface area contributed by atoms with Crippen molar-refractivity contribution in [2.75, 3.05) is 0 Å². The molecular formula is C48H36O8S. The molecule has 6 aromatic carbocycles. The summed E-state index contributed by atoms with van der Waals surface area (Å²) in [5.74, 6) is -2.34. The van der Waals surface area contributed by atoms with Gasteiger partial charge in [-0.15, -0.1) is 0 Å². The maximum atomic E-state index is 15.6. The van der Waals surface area contributed by atoms with Crippen LogP contribution in [0.5, 0.6) is 0 Å². The molecule has 0 atom stereocenters. The molecular weight excluding hydrogens is 737 g/mol. The van der Waals surface area contributed by atoms with E-state index in [1.165, 1.54) is 100 Å². The van der Waals surface area contributed by atoms with E-state index < -0.39 is 43.4 Å². The quantitative estimate of drug-likeness (QED) is 0.112. The molecule has 0 saturated carbocycles. The average Bonchev–Trinajstić information content (AvgIpc) is 3.23. The zero-order valence-corrected chi connectivity index (χ0v) is 32.3. The molecule has 57 heavy (non-hydrogen) atoms. The lowest BCUT2D eigenvalue weighted by Crippen LogP contribution is -2.26. The fourth-order valence-corrected chi connectivity index (χ4v) is 10.2. The van der Waals surface area contributed by atoms with E-state index in [1.807, 2.05) is 0 Å². The van der Waals surface area contributed by atoms with Crippen molar-refractivity contribution < 1.29 is 38.4 Å². The predicted octanol–water partition coefficient (Wildman–Crippen LogP) is 9.86. The molecule has 0 radical (unpaired) electrons. The Labute approximate surface area is 330 Å². The number of hydrogen-bond acceptors (Lipinski definition) is 8. The first kappa shape index (κ1) is 39.7. The number of hydrogen-bond donors (Lipinski definition) is 0. The molecule has 0 spiro atoms. The minimum absolute atomic E-state index is 0.0280. The zero-order chi connectivity index (χ0) is 41.0. The lowest BCUT2D eigenvalue weighted by atomic mass is 9.96. The molecule has 282 valence electrons. The van der Waals surface area contributed by atoms with Crippen LogP contribution in [0.3, 0.4) is 0 Å². The van der Waals surface area contributed by atoms with Crippen molar-refractivity contribution in [1.82, 2.24) is 0 Å². The van der Waals surface area contributed by atoms with Gasteiger partial charge in [0.2, 0.25) is 10.2 Å². The van der Waals surface area contributed by atoms with Gasteiger partial charge in [-0.1, -0.05) is 95.0 Å². The summed E-state index contributed by atoms with van der Waals surface area (Å²) in [6.07, 6.45) is 0. The smallest absolute Gasteiger partial charge is 0.218 e. The first-order valence-electron chi connectivity index (χ1n) is 17.9. The van der Waals surface area contributed by atoms with E-state index in [0.29, 0.717) is 0 Å². The Morgan fingerprint density at radius 1 is 0.298 bits per heavy atom. The third kappa shape index (κ3) is 7.40. The summed E-state index contributed by atoms with van der Waals surface area (Å²) in [5, 5.41) is -1.42. The minimum atomic E-state index is -3.70. The summed E-state index contributed by atoms with van der Waals surface area (Å²) < 4.78 is 0. The van der Waals surface area contributed by atoms with Crippen LogP contribution in [0.2, 0.25) is 0 Å². The van der Waals surface area contributed by atoms with Crippen molar-refractivity contribution in [3.63, 3.8) is 0 Å². The van der Waals surface area contributed by atoms with Gasteiger partial charge in [0.25, 0.3) is 0 Å². The number of rotatable bonds is 12. The van der Waals surface area contributed by atoms with Gasteiger partial charge in [-0.05, 0) is 88.4 Å². The second kappa shape index (κ2) is 16.4. The Kier molecular flexibility index (Phi) is 11.4. The van der Waals surface area contributed by atoms with Gasteiger partial charge in [-0.25, -0.2) is 0 Å². The highest BCUT2D eigenvalue weighted by atomic mass is 32.3. The monoisotopic (exact) mass is 772 g/mol. The third-order valence-corrected chi connectivity index (χ3v) is 13.2. The van der Waals surface area contributed by atoms with E-state index in [9.17, 15) is 28.8 Å². The van der Waals surface area contributed by atoms with E-state index in [1.54, 1.807) is 72.8 Å². The number of carbonyl (C=O) groups excluding carboxylic acids is 8. The standard InChI is InChI=1S/C48H36O8S/c1-29(49)37-13-5-9-17-41(37)45(53)33-21-25-35(26-22-33)57(47(55)43-19-11-7-15-39(43)31(3)51,48(56)44-20-12-8-16-40(44)32(4)52)36-27-23-34(24-28-36)46(54)42-18-10-6-14-38(42)30(2)50/h5-28H,1-4H3. The summed E-state index contributed by atoms with van der Waals surface area (Å²) in [4.78, 5) is 110. The van der Waals surface area contributed by atoms with Gasteiger partial charge < -0.3 is 0 Å². The van der Waals surface area contributed by atoms with E-state index >= 15 is 9.59 Å². The van der Waals surface area contributed by atoms with Crippen molar-refractivity contribution >= 4 is 55.0 Å². The fourth-order valence-electron chi connectivity index (χ4n) is 6.82. The van der Waals surface area contributed by atoms with Gasteiger partial charge in [0.1, 0.15) is 0 Å². The van der Waals surface area contributed by atoms with Crippen LogP contribution in [0.15, 0.2) is 155 Å². The van der Waals surface area contributed by atoms with Crippen molar-refractivity contribution in [3.8, 4) is 0 Å². The molecule has 0 aliphatic rings. The molecule has 0 aromatic heterocycles. The third-order valence-electron chi connectivity index (χ3n) is 9.65. The number of ketones is 6. The lowest BCUT2D eigenvalue weighted by Gasteiger charge is -2.38. The van der Waals surface area contributed by atoms with Crippen LogP contribution < -0.4 is 0 Å². The minimum Gasteiger partial charge on any atom is -0.294 e. The van der Waals surface area contributed by atoms with Gasteiger partial charge in [0.15, 0.2) is 34.7 Å². The Morgan fingerprint density at radius 3 is 0.789 bits per heavy atom. The molecule has 0 fully saturated rings. The first-order chi connectivity index (χ1) is 27.3. The van der Waals surface area contributed by atoms with E-state index in [0.717, 1.165) is 0 Å². The van der Waals surface area contributed by atoms with Gasteiger partial charge in [-0.2, -0.15) is 0 Å².